The van der Waals surface area contributed by atoms with E-state index in [1.54, 1.807) is 0 Å². The minimum atomic E-state index is -1.16. The Morgan fingerprint density at radius 2 is 1.60 bits per heavy atom. The lowest BCUT2D eigenvalue weighted by molar-refractivity contribution is -0.144. The predicted octanol–water partition coefficient (Wildman–Crippen LogP) is 3.69. The number of carbonyl (C=O) groups is 3. The Labute approximate surface area is 205 Å². The van der Waals surface area contributed by atoms with Gasteiger partial charge in [0.05, 0.1) is 12.5 Å². The lowest BCUT2D eigenvalue weighted by Gasteiger charge is -2.26. The molecule has 1 saturated carbocycles. The largest absolute Gasteiger partial charge is 0.480 e. The van der Waals surface area contributed by atoms with E-state index in [-0.39, 0.29) is 25.0 Å². The number of carboxylic acid groups (broad SMARTS) is 1. The molecule has 35 heavy (non-hydrogen) atoms. The zero-order chi connectivity index (χ0) is 24.8. The molecule has 0 aliphatic heterocycles. The quantitative estimate of drug-likeness (QED) is 0.497. The van der Waals surface area contributed by atoms with Gasteiger partial charge in [-0.15, -0.1) is 0 Å². The molecule has 0 saturated heterocycles. The third kappa shape index (κ3) is 5.65. The normalized spacial score (nSPS) is 20.1. The van der Waals surface area contributed by atoms with Gasteiger partial charge in [0, 0.05) is 19.1 Å². The number of aliphatic carboxylic acids is 1. The number of methoxy groups -OCH3 is 1. The molecule has 3 atom stereocenters. The molecule has 0 spiro atoms. The maximum absolute atomic E-state index is 13.0. The van der Waals surface area contributed by atoms with Crippen molar-refractivity contribution in [3.63, 3.8) is 0 Å². The van der Waals surface area contributed by atoms with Crippen molar-refractivity contribution < 1.29 is 29.0 Å². The molecule has 0 aromatic heterocycles. The van der Waals surface area contributed by atoms with E-state index in [2.05, 4.69) is 34.9 Å². The highest BCUT2D eigenvalue weighted by molar-refractivity contribution is 5.86. The number of fused-ring (bicyclic) bond motifs is 3. The minimum Gasteiger partial charge on any atom is -0.480 e. The summed E-state index contributed by atoms with van der Waals surface area (Å²) in [5.74, 6) is -2.13. The maximum atomic E-state index is 13.0. The van der Waals surface area contributed by atoms with E-state index in [0.29, 0.717) is 12.8 Å². The SMILES string of the molecule is COC[C@H](NC(=O)[C@@H]1CCCCC[C@@H]1NC(=O)OCC1c2ccccc2-c2ccccc21)C(=O)O. The van der Waals surface area contributed by atoms with Crippen molar-refractivity contribution in [3.8, 4) is 11.1 Å². The standard InChI is InChI=1S/C27H32N2O6/c1-34-16-24(26(31)32)28-25(30)21-13-3-2-4-14-23(21)29-27(33)35-15-22-19-11-7-5-9-17(19)18-10-6-8-12-20(18)22/h5-12,21-24H,2-4,13-16H2,1H3,(H,28,30)(H,29,33)(H,31,32)/t21-,23+,24+/m1/s1. The second-order valence-corrected chi connectivity index (χ2v) is 9.18. The second-order valence-electron chi connectivity index (χ2n) is 9.18. The summed E-state index contributed by atoms with van der Waals surface area (Å²) in [5.41, 5.74) is 4.57. The molecule has 2 aromatic rings. The van der Waals surface area contributed by atoms with Gasteiger partial charge in [0.1, 0.15) is 6.61 Å². The van der Waals surface area contributed by atoms with Crippen molar-refractivity contribution in [2.24, 2.45) is 5.92 Å². The lowest BCUT2D eigenvalue weighted by Crippen LogP contribution is -2.51. The molecule has 2 aliphatic rings. The molecule has 2 aliphatic carbocycles. The molecule has 4 rings (SSSR count). The number of nitrogens with one attached hydrogen (secondary N) is 2. The molecule has 8 heteroatoms. The monoisotopic (exact) mass is 480 g/mol. The van der Waals surface area contributed by atoms with Gasteiger partial charge < -0.3 is 25.2 Å². The summed E-state index contributed by atoms with van der Waals surface area (Å²) >= 11 is 0. The summed E-state index contributed by atoms with van der Waals surface area (Å²) in [6.07, 6.45) is 3.29. The minimum absolute atomic E-state index is 0.0493. The zero-order valence-electron chi connectivity index (χ0n) is 19.9. The van der Waals surface area contributed by atoms with E-state index in [1.807, 2.05) is 24.3 Å². The van der Waals surface area contributed by atoms with Crippen molar-refractivity contribution in [2.75, 3.05) is 20.3 Å². The van der Waals surface area contributed by atoms with E-state index in [0.717, 1.165) is 41.5 Å². The fourth-order valence-corrected chi connectivity index (χ4v) is 5.21. The van der Waals surface area contributed by atoms with Crippen LogP contribution >= 0.6 is 0 Å². The predicted molar refractivity (Wildman–Crippen MR) is 130 cm³/mol. The summed E-state index contributed by atoms with van der Waals surface area (Å²) in [6, 6.07) is 14.7. The summed E-state index contributed by atoms with van der Waals surface area (Å²) < 4.78 is 10.6. The van der Waals surface area contributed by atoms with Crippen molar-refractivity contribution in [3.05, 3.63) is 59.7 Å². The molecule has 0 bridgehead atoms. The Balaban J connectivity index is 1.41. The van der Waals surface area contributed by atoms with E-state index < -0.39 is 30.1 Å². The van der Waals surface area contributed by atoms with Crippen LogP contribution in [0.2, 0.25) is 0 Å². The van der Waals surface area contributed by atoms with Crippen LogP contribution in [-0.4, -0.2) is 55.5 Å². The van der Waals surface area contributed by atoms with E-state index in [1.165, 1.54) is 7.11 Å². The molecule has 0 radical (unpaired) electrons. The number of carboxylic acids is 1. The number of alkyl carbamates (subject to hydrolysis) is 1. The van der Waals surface area contributed by atoms with Crippen LogP contribution < -0.4 is 10.6 Å². The lowest BCUT2D eigenvalue weighted by atomic mass is 9.93. The van der Waals surface area contributed by atoms with Gasteiger partial charge in [-0.1, -0.05) is 67.8 Å². The van der Waals surface area contributed by atoms with Crippen LogP contribution in [-0.2, 0) is 19.1 Å². The van der Waals surface area contributed by atoms with Gasteiger partial charge in [-0.05, 0) is 35.1 Å². The Morgan fingerprint density at radius 3 is 2.23 bits per heavy atom. The molecule has 2 amide bonds. The number of amides is 2. The summed E-state index contributed by atoms with van der Waals surface area (Å²) in [7, 11) is 1.38. The summed E-state index contributed by atoms with van der Waals surface area (Å²) in [4.78, 5) is 37.2. The Bertz CT molecular complexity index is 1030. The second kappa shape index (κ2) is 11.4. The van der Waals surface area contributed by atoms with Gasteiger partial charge in [-0.3, -0.25) is 4.79 Å². The van der Waals surface area contributed by atoms with E-state index in [4.69, 9.17) is 9.47 Å². The topological polar surface area (TPSA) is 114 Å². The molecule has 0 unspecified atom stereocenters. The number of benzene rings is 2. The van der Waals surface area contributed by atoms with Crippen LogP contribution in [0.3, 0.4) is 0 Å². The fourth-order valence-electron chi connectivity index (χ4n) is 5.21. The third-order valence-corrected chi connectivity index (χ3v) is 6.95. The van der Waals surface area contributed by atoms with Crippen LogP contribution in [0.25, 0.3) is 11.1 Å². The molecular formula is C27H32N2O6. The van der Waals surface area contributed by atoms with Gasteiger partial charge >= 0.3 is 12.1 Å². The highest BCUT2D eigenvalue weighted by Gasteiger charge is 2.34. The summed E-state index contributed by atoms with van der Waals surface area (Å²) in [5, 5.41) is 14.8. The average molecular weight is 481 g/mol. The number of carbonyl (C=O) groups excluding carboxylic acids is 2. The van der Waals surface area contributed by atoms with Gasteiger partial charge in [0.25, 0.3) is 0 Å². The van der Waals surface area contributed by atoms with Gasteiger partial charge in [0.2, 0.25) is 5.91 Å². The highest BCUT2D eigenvalue weighted by Crippen LogP contribution is 2.44. The van der Waals surface area contributed by atoms with Gasteiger partial charge in [-0.25, -0.2) is 9.59 Å². The van der Waals surface area contributed by atoms with Crippen molar-refractivity contribution in [2.45, 2.75) is 50.1 Å². The van der Waals surface area contributed by atoms with Gasteiger partial charge in [0.15, 0.2) is 6.04 Å². The smallest absolute Gasteiger partial charge is 0.407 e. The Morgan fingerprint density at radius 1 is 0.971 bits per heavy atom. The first-order chi connectivity index (χ1) is 17.0. The van der Waals surface area contributed by atoms with Crippen molar-refractivity contribution in [1.29, 1.82) is 0 Å². The van der Waals surface area contributed by atoms with E-state index in [9.17, 15) is 19.5 Å². The van der Waals surface area contributed by atoms with Crippen molar-refractivity contribution in [1.82, 2.24) is 10.6 Å². The molecule has 2 aromatic carbocycles. The van der Waals surface area contributed by atoms with Crippen LogP contribution in [0, 0.1) is 5.92 Å². The first-order valence-corrected chi connectivity index (χ1v) is 12.1. The number of hydrogen-bond donors (Lipinski definition) is 3. The average Bonchev–Trinajstić information content (AvgIpc) is 2.98. The molecule has 8 nitrogen and oxygen atoms in total. The number of hydrogen-bond acceptors (Lipinski definition) is 5. The first-order valence-electron chi connectivity index (χ1n) is 12.1. The number of rotatable bonds is 8. The fraction of sp³-hybridized carbons (Fsp3) is 0.444. The van der Waals surface area contributed by atoms with Crippen LogP contribution in [0.15, 0.2) is 48.5 Å². The third-order valence-electron chi connectivity index (χ3n) is 6.95. The van der Waals surface area contributed by atoms with Gasteiger partial charge in [-0.2, -0.15) is 0 Å². The van der Waals surface area contributed by atoms with E-state index >= 15 is 0 Å². The molecular weight excluding hydrogens is 448 g/mol. The molecule has 186 valence electrons. The zero-order valence-corrected chi connectivity index (χ0v) is 19.9. The number of ether oxygens (including phenoxy) is 2. The van der Waals surface area contributed by atoms with Crippen molar-refractivity contribution >= 4 is 18.0 Å². The molecule has 0 heterocycles. The van der Waals surface area contributed by atoms with Crippen LogP contribution in [0.1, 0.15) is 49.1 Å². The Kier molecular flexibility index (Phi) is 8.02. The molecule has 1 fully saturated rings. The first kappa shape index (κ1) is 24.7. The highest BCUT2D eigenvalue weighted by atomic mass is 16.5. The van der Waals surface area contributed by atoms with Crippen LogP contribution in [0.5, 0.6) is 0 Å². The molecule has 3 N–H and O–H groups in total. The maximum Gasteiger partial charge on any atom is 0.407 e. The summed E-state index contributed by atoms with van der Waals surface area (Å²) in [6.45, 7) is 0.0661. The van der Waals surface area contributed by atoms with Crippen LogP contribution in [0.4, 0.5) is 4.79 Å². The Hall–Kier alpha value is -3.39.